The Morgan fingerprint density at radius 3 is 2.95 bits per heavy atom. The molecule has 3 rings (SSSR count). The van der Waals surface area contributed by atoms with Crippen LogP contribution in [0.3, 0.4) is 0 Å². The molecule has 1 N–H and O–H groups in total. The molecule has 0 saturated carbocycles. The van der Waals surface area contributed by atoms with Crippen LogP contribution in [-0.2, 0) is 0 Å². The largest absolute Gasteiger partial charge is 0.423 e. The minimum Gasteiger partial charge on any atom is -0.423 e. The van der Waals surface area contributed by atoms with Crippen molar-refractivity contribution in [1.82, 2.24) is 10.3 Å². The van der Waals surface area contributed by atoms with E-state index in [1.54, 1.807) is 12.1 Å². The topological polar surface area (TPSA) is 84.4 Å². The molecule has 0 aliphatic carbocycles. The molecular formula is C13H16N4O3. The highest BCUT2D eigenvalue weighted by Gasteiger charge is 2.28. The fourth-order valence-electron chi connectivity index (χ4n) is 2.36. The number of nitro benzene ring substituents is 1. The smallest absolute Gasteiger partial charge is 0.298 e. The first-order valence-corrected chi connectivity index (χ1v) is 6.72. The van der Waals surface area contributed by atoms with E-state index in [1.165, 1.54) is 6.07 Å². The predicted octanol–water partition coefficient (Wildman–Crippen LogP) is 1.92. The molecule has 1 aromatic heterocycles. The highest BCUT2D eigenvalue weighted by molar-refractivity contribution is 5.84. The zero-order valence-corrected chi connectivity index (χ0v) is 11.2. The van der Waals surface area contributed by atoms with E-state index in [-0.39, 0.29) is 5.69 Å². The average Bonchev–Trinajstić information content (AvgIpc) is 2.79. The van der Waals surface area contributed by atoms with Gasteiger partial charge in [-0.2, -0.15) is 4.98 Å². The molecule has 1 saturated heterocycles. The number of oxazole rings is 1. The number of para-hydroxylation sites is 1. The van der Waals surface area contributed by atoms with Crippen molar-refractivity contribution in [2.45, 2.75) is 19.4 Å². The molecule has 0 bridgehead atoms. The second-order valence-corrected chi connectivity index (χ2v) is 4.88. The van der Waals surface area contributed by atoms with Gasteiger partial charge in [0.2, 0.25) is 0 Å². The van der Waals surface area contributed by atoms with Gasteiger partial charge < -0.3 is 14.6 Å². The van der Waals surface area contributed by atoms with Gasteiger partial charge in [0, 0.05) is 25.7 Å². The summed E-state index contributed by atoms with van der Waals surface area (Å²) < 4.78 is 5.71. The number of benzene rings is 1. The number of hydrogen-bond donors (Lipinski definition) is 1. The van der Waals surface area contributed by atoms with Gasteiger partial charge in [-0.3, -0.25) is 10.1 Å². The standard InChI is InChI=1S/C13H16N4O3/c1-2-6-16(9-7-14-8-9)13-15-12-10(17(18)19)4-3-5-11(12)20-13/h3-5,9,14H,2,6-8H2,1H3. The lowest BCUT2D eigenvalue weighted by Gasteiger charge is -2.37. The van der Waals surface area contributed by atoms with Gasteiger partial charge in [-0.05, 0) is 12.5 Å². The van der Waals surface area contributed by atoms with Crippen LogP contribution in [-0.4, -0.2) is 35.6 Å². The average molecular weight is 276 g/mol. The molecule has 106 valence electrons. The molecule has 1 aliphatic heterocycles. The molecule has 2 aromatic rings. The maximum absolute atomic E-state index is 11.0. The number of nitrogens with zero attached hydrogens (tertiary/aromatic N) is 3. The Labute approximate surface area is 115 Å². The minimum atomic E-state index is -0.427. The third-order valence-electron chi connectivity index (χ3n) is 3.49. The Kier molecular flexibility index (Phi) is 3.27. The van der Waals surface area contributed by atoms with Gasteiger partial charge in [-0.25, -0.2) is 0 Å². The molecule has 7 nitrogen and oxygen atoms in total. The van der Waals surface area contributed by atoms with Crippen molar-refractivity contribution in [2.24, 2.45) is 0 Å². The van der Waals surface area contributed by atoms with E-state index in [9.17, 15) is 10.1 Å². The van der Waals surface area contributed by atoms with Gasteiger partial charge >= 0.3 is 0 Å². The molecule has 1 aromatic carbocycles. The fraction of sp³-hybridized carbons (Fsp3) is 0.462. The van der Waals surface area contributed by atoms with E-state index < -0.39 is 4.92 Å². The fourth-order valence-corrected chi connectivity index (χ4v) is 2.36. The van der Waals surface area contributed by atoms with Crippen LogP contribution in [0.1, 0.15) is 13.3 Å². The van der Waals surface area contributed by atoms with Gasteiger partial charge in [0.1, 0.15) is 0 Å². The Morgan fingerprint density at radius 2 is 2.35 bits per heavy atom. The first kappa shape index (κ1) is 12.9. The van der Waals surface area contributed by atoms with Crippen LogP contribution in [0.4, 0.5) is 11.7 Å². The van der Waals surface area contributed by atoms with Crippen LogP contribution < -0.4 is 10.2 Å². The van der Waals surface area contributed by atoms with Crippen molar-refractivity contribution < 1.29 is 9.34 Å². The highest BCUT2D eigenvalue weighted by Crippen LogP contribution is 2.30. The predicted molar refractivity (Wildman–Crippen MR) is 75.0 cm³/mol. The van der Waals surface area contributed by atoms with Gasteiger partial charge in [0.25, 0.3) is 11.7 Å². The van der Waals surface area contributed by atoms with Crippen molar-refractivity contribution in [3.63, 3.8) is 0 Å². The third kappa shape index (κ3) is 2.09. The lowest BCUT2D eigenvalue weighted by molar-refractivity contribution is -0.383. The van der Waals surface area contributed by atoms with E-state index in [1.807, 2.05) is 0 Å². The second-order valence-electron chi connectivity index (χ2n) is 4.88. The van der Waals surface area contributed by atoms with Gasteiger partial charge in [0.15, 0.2) is 11.1 Å². The van der Waals surface area contributed by atoms with Crippen LogP contribution in [0.2, 0.25) is 0 Å². The lowest BCUT2D eigenvalue weighted by atomic mass is 10.1. The number of nitrogens with one attached hydrogen (secondary N) is 1. The Hall–Kier alpha value is -2.15. The molecule has 0 spiro atoms. The Balaban J connectivity index is 2.02. The number of anilines is 1. The molecule has 0 unspecified atom stereocenters. The van der Waals surface area contributed by atoms with Crippen molar-refractivity contribution in [3.8, 4) is 0 Å². The monoisotopic (exact) mass is 276 g/mol. The van der Waals surface area contributed by atoms with Gasteiger partial charge in [0.05, 0.1) is 11.0 Å². The first-order chi connectivity index (χ1) is 9.70. The van der Waals surface area contributed by atoms with E-state index in [0.717, 1.165) is 26.1 Å². The number of hydrogen-bond acceptors (Lipinski definition) is 6. The van der Waals surface area contributed by atoms with E-state index in [0.29, 0.717) is 23.2 Å². The van der Waals surface area contributed by atoms with E-state index in [2.05, 4.69) is 22.1 Å². The van der Waals surface area contributed by atoms with Crippen LogP contribution in [0.25, 0.3) is 11.1 Å². The maximum atomic E-state index is 11.0. The van der Waals surface area contributed by atoms with Crippen LogP contribution in [0.15, 0.2) is 22.6 Å². The van der Waals surface area contributed by atoms with Gasteiger partial charge in [-0.1, -0.05) is 13.0 Å². The summed E-state index contributed by atoms with van der Waals surface area (Å²) in [5.41, 5.74) is 0.768. The molecule has 0 amide bonds. The summed E-state index contributed by atoms with van der Waals surface area (Å²) in [7, 11) is 0. The minimum absolute atomic E-state index is 0.0133. The van der Waals surface area contributed by atoms with Gasteiger partial charge in [-0.15, -0.1) is 0 Å². The summed E-state index contributed by atoms with van der Waals surface area (Å²) in [6.07, 6.45) is 0.970. The summed E-state index contributed by atoms with van der Waals surface area (Å²) >= 11 is 0. The zero-order valence-electron chi connectivity index (χ0n) is 11.2. The third-order valence-corrected chi connectivity index (χ3v) is 3.49. The normalized spacial score (nSPS) is 15.2. The molecule has 1 aliphatic rings. The molecule has 2 heterocycles. The quantitative estimate of drug-likeness (QED) is 0.663. The van der Waals surface area contributed by atoms with Crippen LogP contribution in [0.5, 0.6) is 0 Å². The molecule has 0 atom stereocenters. The number of rotatable bonds is 5. The molecule has 0 radical (unpaired) electrons. The number of fused-ring (bicyclic) bond motifs is 1. The number of nitro groups is 1. The summed E-state index contributed by atoms with van der Waals surface area (Å²) in [5.74, 6) is 0. The second kappa shape index (κ2) is 5.09. The summed E-state index contributed by atoms with van der Waals surface area (Å²) in [6, 6.07) is 5.60. The molecule has 7 heteroatoms. The zero-order chi connectivity index (χ0) is 14.1. The summed E-state index contributed by atoms with van der Waals surface area (Å²) in [5, 5.41) is 14.2. The molecule has 1 fully saturated rings. The number of aromatic nitrogens is 1. The van der Waals surface area contributed by atoms with Crippen LogP contribution in [0, 0.1) is 10.1 Å². The first-order valence-electron chi connectivity index (χ1n) is 6.72. The van der Waals surface area contributed by atoms with E-state index in [4.69, 9.17) is 4.42 Å². The van der Waals surface area contributed by atoms with Crippen molar-refractivity contribution in [2.75, 3.05) is 24.5 Å². The number of non-ortho nitro benzene ring substituents is 1. The maximum Gasteiger partial charge on any atom is 0.298 e. The SMILES string of the molecule is CCCN(c1nc2c([N+](=O)[O-])cccc2o1)C1CNC1. The van der Waals surface area contributed by atoms with Crippen molar-refractivity contribution in [3.05, 3.63) is 28.3 Å². The summed E-state index contributed by atoms with van der Waals surface area (Å²) in [6.45, 7) is 4.69. The molecule has 20 heavy (non-hydrogen) atoms. The molecular weight excluding hydrogens is 260 g/mol. The van der Waals surface area contributed by atoms with Crippen LogP contribution >= 0.6 is 0 Å². The summed E-state index contributed by atoms with van der Waals surface area (Å²) in [4.78, 5) is 17.0. The van der Waals surface area contributed by atoms with E-state index >= 15 is 0 Å². The van der Waals surface area contributed by atoms with Crippen molar-refractivity contribution in [1.29, 1.82) is 0 Å². The Morgan fingerprint density at radius 1 is 1.55 bits per heavy atom. The lowest BCUT2D eigenvalue weighted by Crippen LogP contribution is -2.57. The highest BCUT2D eigenvalue weighted by atomic mass is 16.6. The van der Waals surface area contributed by atoms with Crippen molar-refractivity contribution >= 4 is 22.8 Å². The Bertz CT molecular complexity index is 636.